The number of carbonyl (C=O) groups excluding carboxylic acids is 1. The van der Waals surface area contributed by atoms with Gasteiger partial charge in [0, 0.05) is 26.1 Å². The zero-order valence-electron chi connectivity index (χ0n) is 14.3. The Morgan fingerprint density at radius 1 is 1.22 bits per heavy atom. The standard InChI is InChI=1S/C17H28N4O2/c1-4-14(2)21-16(22)10-11-19-17(18-3)20-12-13-23-15-8-6-5-7-9-15/h5-9,14H,4,10-13H2,1-3H3,(H,21,22)(H2,18,19,20). The minimum atomic E-state index is 0.0507. The van der Waals surface area contributed by atoms with E-state index in [2.05, 4.69) is 20.9 Å². The lowest BCUT2D eigenvalue weighted by Gasteiger charge is -2.14. The van der Waals surface area contributed by atoms with Crippen LogP contribution >= 0.6 is 0 Å². The molecule has 0 aliphatic rings. The van der Waals surface area contributed by atoms with Gasteiger partial charge in [0.2, 0.25) is 5.91 Å². The number of rotatable bonds is 9. The Morgan fingerprint density at radius 2 is 1.91 bits per heavy atom. The Balaban J connectivity index is 2.13. The molecule has 0 heterocycles. The molecule has 0 spiro atoms. The number of amides is 1. The van der Waals surface area contributed by atoms with Crippen LogP contribution in [0, 0.1) is 0 Å². The molecule has 6 heteroatoms. The van der Waals surface area contributed by atoms with Gasteiger partial charge in [-0.05, 0) is 25.5 Å². The molecular formula is C17H28N4O2. The molecule has 6 nitrogen and oxygen atoms in total. The first-order valence-electron chi connectivity index (χ1n) is 8.07. The summed E-state index contributed by atoms with van der Waals surface area (Å²) in [5, 5.41) is 9.19. The number of nitrogens with zero attached hydrogens (tertiary/aromatic N) is 1. The molecule has 0 radical (unpaired) electrons. The summed E-state index contributed by atoms with van der Waals surface area (Å²) in [6.07, 6.45) is 1.36. The fourth-order valence-electron chi connectivity index (χ4n) is 1.82. The van der Waals surface area contributed by atoms with Crippen molar-refractivity contribution in [3.05, 3.63) is 30.3 Å². The molecule has 3 N–H and O–H groups in total. The largest absolute Gasteiger partial charge is 0.492 e. The molecule has 0 fully saturated rings. The lowest BCUT2D eigenvalue weighted by Crippen LogP contribution is -2.41. The van der Waals surface area contributed by atoms with E-state index in [0.717, 1.165) is 12.2 Å². The molecule has 1 atom stereocenters. The highest BCUT2D eigenvalue weighted by Crippen LogP contribution is 2.07. The van der Waals surface area contributed by atoms with E-state index in [1.54, 1.807) is 7.05 Å². The van der Waals surface area contributed by atoms with Crippen LogP contribution < -0.4 is 20.7 Å². The van der Waals surface area contributed by atoms with Crippen molar-refractivity contribution < 1.29 is 9.53 Å². The monoisotopic (exact) mass is 320 g/mol. The average Bonchev–Trinajstić information content (AvgIpc) is 2.57. The van der Waals surface area contributed by atoms with Crippen LogP contribution in [0.25, 0.3) is 0 Å². The zero-order chi connectivity index (χ0) is 16.9. The maximum atomic E-state index is 11.7. The summed E-state index contributed by atoms with van der Waals surface area (Å²) in [5.41, 5.74) is 0. The van der Waals surface area contributed by atoms with Gasteiger partial charge in [0.05, 0.1) is 6.54 Å². The summed E-state index contributed by atoms with van der Waals surface area (Å²) in [6, 6.07) is 9.89. The lowest BCUT2D eigenvalue weighted by molar-refractivity contribution is -0.121. The van der Waals surface area contributed by atoms with Crippen molar-refractivity contribution in [2.75, 3.05) is 26.7 Å². The zero-order valence-corrected chi connectivity index (χ0v) is 14.3. The van der Waals surface area contributed by atoms with Crippen molar-refractivity contribution in [3.8, 4) is 5.75 Å². The molecule has 1 unspecified atom stereocenters. The van der Waals surface area contributed by atoms with Gasteiger partial charge in [0.1, 0.15) is 12.4 Å². The molecule has 0 aromatic heterocycles. The smallest absolute Gasteiger partial charge is 0.221 e. The van der Waals surface area contributed by atoms with Gasteiger partial charge in [-0.1, -0.05) is 25.1 Å². The molecule has 0 saturated carbocycles. The Labute approximate surface area is 138 Å². The second-order valence-electron chi connectivity index (χ2n) is 5.21. The number of ether oxygens (including phenoxy) is 1. The fraction of sp³-hybridized carbons (Fsp3) is 0.529. The Hall–Kier alpha value is -2.24. The Morgan fingerprint density at radius 3 is 2.57 bits per heavy atom. The van der Waals surface area contributed by atoms with Crippen molar-refractivity contribution in [1.82, 2.24) is 16.0 Å². The number of aliphatic imine (C=N–C) groups is 1. The molecule has 1 aromatic rings. The summed E-state index contributed by atoms with van der Waals surface area (Å²) in [5.74, 6) is 1.56. The minimum Gasteiger partial charge on any atom is -0.492 e. The number of para-hydroxylation sites is 1. The maximum absolute atomic E-state index is 11.7. The molecule has 0 aliphatic carbocycles. The van der Waals surface area contributed by atoms with Crippen LogP contribution in [-0.4, -0.2) is 44.7 Å². The van der Waals surface area contributed by atoms with E-state index in [9.17, 15) is 4.79 Å². The second kappa shape index (κ2) is 11.3. The first-order chi connectivity index (χ1) is 11.2. The van der Waals surface area contributed by atoms with E-state index in [0.29, 0.717) is 32.1 Å². The molecule has 0 bridgehead atoms. The second-order valence-corrected chi connectivity index (χ2v) is 5.21. The van der Waals surface area contributed by atoms with Gasteiger partial charge in [-0.2, -0.15) is 0 Å². The van der Waals surface area contributed by atoms with Crippen LogP contribution in [0.3, 0.4) is 0 Å². The Kier molecular flexibility index (Phi) is 9.28. The van der Waals surface area contributed by atoms with Gasteiger partial charge in [-0.25, -0.2) is 0 Å². The van der Waals surface area contributed by atoms with E-state index >= 15 is 0 Å². The van der Waals surface area contributed by atoms with Crippen LogP contribution in [0.15, 0.2) is 35.3 Å². The van der Waals surface area contributed by atoms with Crippen molar-refractivity contribution in [2.45, 2.75) is 32.7 Å². The van der Waals surface area contributed by atoms with Crippen molar-refractivity contribution in [3.63, 3.8) is 0 Å². The molecule has 0 aliphatic heterocycles. The normalized spacial score (nSPS) is 12.4. The van der Waals surface area contributed by atoms with Gasteiger partial charge < -0.3 is 20.7 Å². The van der Waals surface area contributed by atoms with Crippen LogP contribution in [0.4, 0.5) is 0 Å². The SMILES string of the molecule is CCC(C)NC(=O)CCNC(=NC)NCCOc1ccccc1. The van der Waals surface area contributed by atoms with Crippen molar-refractivity contribution in [1.29, 1.82) is 0 Å². The van der Waals surface area contributed by atoms with Crippen LogP contribution in [0.2, 0.25) is 0 Å². The number of guanidine groups is 1. The lowest BCUT2D eigenvalue weighted by atomic mass is 10.2. The minimum absolute atomic E-state index is 0.0507. The fourth-order valence-corrected chi connectivity index (χ4v) is 1.82. The first-order valence-corrected chi connectivity index (χ1v) is 8.07. The highest BCUT2D eigenvalue weighted by Gasteiger charge is 2.05. The van der Waals surface area contributed by atoms with Gasteiger partial charge in [0.25, 0.3) is 0 Å². The Bertz CT molecular complexity index is 477. The summed E-state index contributed by atoms with van der Waals surface area (Å²) >= 11 is 0. The average molecular weight is 320 g/mol. The van der Waals surface area contributed by atoms with E-state index in [4.69, 9.17) is 4.74 Å². The molecule has 1 amide bonds. The van der Waals surface area contributed by atoms with Crippen molar-refractivity contribution >= 4 is 11.9 Å². The first kappa shape index (κ1) is 18.8. The predicted octanol–water partition coefficient (Wildman–Crippen LogP) is 1.54. The summed E-state index contributed by atoms with van der Waals surface area (Å²) < 4.78 is 5.59. The molecule has 1 rings (SSSR count). The van der Waals surface area contributed by atoms with E-state index in [-0.39, 0.29) is 11.9 Å². The highest BCUT2D eigenvalue weighted by atomic mass is 16.5. The van der Waals surface area contributed by atoms with Crippen LogP contribution in [0.5, 0.6) is 5.75 Å². The van der Waals surface area contributed by atoms with Gasteiger partial charge in [-0.15, -0.1) is 0 Å². The highest BCUT2D eigenvalue weighted by molar-refractivity contribution is 5.81. The van der Waals surface area contributed by atoms with Gasteiger partial charge >= 0.3 is 0 Å². The predicted molar refractivity (Wildman–Crippen MR) is 93.8 cm³/mol. The summed E-state index contributed by atoms with van der Waals surface area (Å²) in [7, 11) is 1.70. The van der Waals surface area contributed by atoms with E-state index in [1.807, 2.05) is 44.2 Å². The number of nitrogens with one attached hydrogen (secondary N) is 3. The molecule has 0 saturated heterocycles. The third-order valence-electron chi connectivity index (χ3n) is 3.29. The molecule has 23 heavy (non-hydrogen) atoms. The van der Waals surface area contributed by atoms with E-state index in [1.165, 1.54) is 0 Å². The topological polar surface area (TPSA) is 74.8 Å². The van der Waals surface area contributed by atoms with Gasteiger partial charge in [0.15, 0.2) is 5.96 Å². The summed E-state index contributed by atoms with van der Waals surface area (Å²) in [4.78, 5) is 15.8. The van der Waals surface area contributed by atoms with Gasteiger partial charge in [-0.3, -0.25) is 9.79 Å². The number of hydrogen-bond donors (Lipinski definition) is 3. The van der Waals surface area contributed by atoms with E-state index < -0.39 is 0 Å². The number of benzene rings is 1. The van der Waals surface area contributed by atoms with Crippen LogP contribution in [0.1, 0.15) is 26.7 Å². The third kappa shape index (κ3) is 8.70. The molecule has 128 valence electrons. The summed E-state index contributed by atoms with van der Waals surface area (Å²) in [6.45, 7) is 5.76. The molecular weight excluding hydrogens is 292 g/mol. The molecule has 1 aromatic carbocycles. The van der Waals surface area contributed by atoms with Crippen molar-refractivity contribution in [2.24, 2.45) is 4.99 Å². The number of hydrogen-bond acceptors (Lipinski definition) is 3. The quantitative estimate of drug-likeness (QED) is 0.366. The third-order valence-corrected chi connectivity index (χ3v) is 3.29. The number of carbonyl (C=O) groups is 1. The maximum Gasteiger partial charge on any atom is 0.221 e. The van der Waals surface area contributed by atoms with Crippen LogP contribution in [-0.2, 0) is 4.79 Å².